The summed E-state index contributed by atoms with van der Waals surface area (Å²) in [4.78, 5) is 20.7. The van der Waals surface area contributed by atoms with E-state index in [0.717, 1.165) is 0 Å². The van der Waals surface area contributed by atoms with Crippen molar-refractivity contribution in [2.75, 3.05) is 25.2 Å². The van der Waals surface area contributed by atoms with Gasteiger partial charge in [-0.1, -0.05) is 0 Å². The van der Waals surface area contributed by atoms with Crippen LogP contribution in [0.1, 0.15) is 6.42 Å². The number of methoxy groups -OCH3 is 1. The molecule has 0 aromatic rings. The van der Waals surface area contributed by atoms with Gasteiger partial charge in [-0.15, -0.1) is 0 Å². The number of carbonyl (C=O) groups excluding carboxylic acids is 1. The van der Waals surface area contributed by atoms with Crippen LogP contribution in [0.3, 0.4) is 0 Å². The van der Waals surface area contributed by atoms with Gasteiger partial charge in [0.05, 0.1) is 12.7 Å². The van der Waals surface area contributed by atoms with E-state index in [-0.39, 0.29) is 6.61 Å². The number of nitrogens with one attached hydrogen (secondary N) is 1. The lowest BCUT2D eigenvalue weighted by atomic mass is 10.2. The predicted octanol–water partition coefficient (Wildman–Crippen LogP) is -0.684. The van der Waals surface area contributed by atoms with Gasteiger partial charge in [0, 0.05) is 12.9 Å². The van der Waals surface area contributed by atoms with E-state index in [1.165, 1.54) is 18.9 Å². The third-order valence-electron chi connectivity index (χ3n) is 1.79. The Morgan fingerprint density at radius 1 is 1.62 bits per heavy atom. The van der Waals surface area contributed by atoms with Gasteiger partial charge in [-0.2, -0.15) is 11.8 Å². The fourth-order valence-corrected chi connectivity index (χ4v) is 1.96. The fraction of sp³-hybridized carbons (Fsp3) is 0.778. The minimum absolute atomic E-state index is 0.266. The molecule has 0 radical (unpaired) electrons. The van der Waals surface area contributed by atoms with Crippen LogP contribution in [0.25, 0.3) is 0 Å². The minimum Gasteiger partial charge on any atom is -0.480 e. The van der Waals surface area contributed by atoms with E-state index in [1.807, 2.05) is 0 Å². The van der Waals surface area contributed by atoms with Gasteiger partial charge in [-0.05, 0) is 12.2 Å². The van der Waals surface area contributed by atoms with Gasteiger partial charge >= 0.3 is 5.97 Å². The topological polar surface area (TPSA) is 95.9 Å². The zero-order valence-corrected chi connectivity index (χ0v) is 9.90. The molecule has 0 aromatic heterocycles. The fourth-order valence-electron chi connectivity index (χ4n) is 1.02. The molecule has 0 spiro atoms. The highest BCUT2D eigenvalue weighted by Gasteiger charge is 2.15. The minimum atomic E-state index is -1.05. The molecule has 3 N–H and O–H groups in total. The SMILES string of the molecule is COCC(O)CSCCC(NC=O)C(=O)O. The second-order valence-corrected chi connectivity index (χ2v) is 4.30. The maximum atomic E-state index is 10.6. The maximum absolute atomic E-state index is 10.6. The van der Waals surface area contributed by atoms with Gasteiger partial charge in [0.15, 0.2) is 0 Å². The van der Waals surface area contributed by atoms with Crippen molar-refractivity contribution in [2.24, 2.45) is 0 Å². The number of aliphatic hydroxyl groups excluding tert-OH is 1. The Hall–Kier alpha value is -0.790. The van der Waals surface area contributed by atoms with Crippen molar-refractivity contribution in [3.8, 4) is 0 Å². The summed E-state index contributed by atoms with van der Waals surface area (Å²) >= 11 is 1.42. The molecule has 16 heavy (non-hydrogen) atoms. The molecular formula is C9H17NO5S. The summed E-state index contributed by atoms with van der Waals surface area (Å²) in [5, 5.41) is 20.2. The first-order valence-corrected chi connectivity index (χ1v) is 5.94. The molecule has 2 unspecified atom stereocenters. The highest BCUT2D eigenvalue weighted by atomic mass is 32.2. The second-order valence-electron chi connectivity index (χ2n) is 3.15. The van der Waals surface area contributed by atoms with E-state index < -0.39 is 18.1 Å². The number of carbonyl (C=O) groups is 2. The van der Waals surface area contributed by atoms with Gasteiger partial charge in [0.25, 0.3) is 0 Å². The van der Waals surface area contributed by atoms with Crippen molar-refractivity contribution in [2.45, 2.75) is 18.6 Å². The Balaban J connectivity index is 3.61. The standard InChI is InChI=1S/C9H17NO5S/c1-15-4-7(12)5-16-3-2-8(9(13)14)10-6-11/h6-8,12H,2-5H2,1H3,(H,10,11)(H,13,14). The van der Waals surface area contributed by atoms with E-state index in [0.29, 0.717) is 24.3 Å². The van der Waals surface area contributed by atoms with E-state index in [2.05, 4.69) is 5.32 Å². The number of carboxylic acid groups (broad SMARTS) is 1. The maximum Gasteiger partial charge on any atom is 0.326 e. The number of aliphatic hydroxyl groups is 1. The molecule has 0 aliphatic carbocycles. The molecule has 0 rings (SSSR count). The number of ether oxygens (including phenoxy) is 1. The van der Waals surface area contributed by atoms with Crippen LogP contribution in [-0.2, 0) is 14.3 Å². The molecule has 1 amide bonds. The highest BCUT2D eigenvalue weighted by molar-refractivity contribution is 7.99. The van der Waals surface area contributed by atoms with Crippen molar-refractivity contribution in [1.29, 1.82) is 0 Å². The van der Waals surface area contributed by atoms with E-state index in [1.54, 1.807) is 0 Å². The third-order valence-corrected chi connectivity index (χ3v) is 2.93. The number of aliphatic carboxylic acids is 1. The summed E-state index contributed by atoms with van der Waals surface area (Å²) in [5.41, 5.74) is 0. The van der Waals surface area contributed by atoms with E-state index >= 15 is 0 Å². The lowest BCUT2D eigenvalue weighted by molar-refractivity contribution is -0.140. The first-order valence-electron chi connectivity index (χ1n) is 4.79. The van der Waals surface area contributed by atoms with Gasteiger partial charge in [0.2, 0.25) is 6.41 Å². The molecule has 7 heteroatoms. The summed E-state index contributed by atoms with van der Waals surface area (Å²) in [6.45, 7) is 0.266. The van der Waals surface area contributed by atoms with Gasteiger partial charge < -0.3 is 20.3 Å². The molecule has 0 aromatic carbocycles. The second kappa shape index (κ2) is 9.44. The molecule has 0 aliphatic heterocycles. The molecular weight excluding hydrogens is 234 g/mol. The third kappa shape index (κ3) is 7.49. The average molecular weight is 251 g/mol. The van der Waals surface area contributed by atoms with Crippen LogP contribution in [0.15, 0.2) is 0 Å². The molecule has 0 aliphatic rings. The van der Waals surface area contributed by atoms with Crippen molar-refractivity contribution >= 4 is 24.1 Å². The van der Waals surface area contributed by atoms with Gasteiger partial charge in [0.1, 0.15) is 6.04 Å². The van der Waals surface area contributed by atoms with Crippen LogP contribution >= 0.6 is 11.8 Å². The number of hydrogen-bond acceptors (Lipinski definition) is 5. The first kappa shape index (κ1) is 15.2. The molecule has 94 valence electrons. The molecule has 0 heterocycles. The molecule has 0 fully saturated rings. The zero-order chi connectivity index (χ0) is 12.4. The van der Waals surface area contributed by atoms with Crippen LogP contribution in [-0.4, -0.2) is 60.0 Å². The van der Waals surface area contributed by atoms with Crippen molar-refractivity contribution in [3.63, 3.8) is 0 Å². The Bertz CT molecular complexity index is 214. The van der Waals surface area contributed by atoms with Crippen LogP contribution in [0.4, 0.5) is 0 Å². The lowest BCUT2D eigenvalue weighted by Gasteiger charge is -2.12. The normalized spacial score (nSPS) is 14.1. The smallest absolute Gasteiger partial charge is 0.326 e. The largest absolute Gasteiger partial charge is 0.480 e. The van der Waals surface area contributed by atoms with Crippen molar-refractivity contribution < 1.29 is 24.5 Å². The lowest BCUT2D eigenvalue weighted by Crippen LogP contribution is -2.36. The van der Waals surface area contributed by atoms with Gasteiger partial charge in [-0.25, -0.2) is 4.79 Å². The van der Waals surface area contributed by atoms with Crippen LogP contribution < -0.4 is 5.32 Å². The predicted molar refractivity (Wildman–Crippen MR) is 60.4 cm³/mol. The molecule has 6 nitrogen and oxygen atoms in total. The van der Waals surface area contributed by atoms with E-state index in [4.69, 9.17) is 9.84 Å². The van der Waals surface area contributed by atoms with Crippen molar-refractivity contribution in [1.82, 2.24) is 5.32 Å². The van der Waals surface area contributed by atoms with Crippen LogP contribution in [0.5, 0.6) is 0 Å². The Labute approximate surface area is 98.4 Å². The van der Waals surface area contributed by atoms with Crippen LogP contribution in [0, 0.1) is 0 Å². The molecule has 2 atom stereocenters. The first-order chi connectivity index (χ1) is 7.61. The summed E-state index contributed by atoms with van der Waals surface area (Å²) in [6.07, 6.45) is 0.166. The highest BCUT2D eigenvalue weighted by Crippen LogP contribution is 2.07. The molecule has 0 saturated carbocycles. The molecule has 0 bridgehead atoms. The summed E-state index contributed by atoms with van der Waals surface area (Å²) < 4.78 is 4.74. The number of rotatable bonds is 10. The zero-order valence-electron chi connectivity index (χ0n) is 9.09. The monoisotopic (exact) mass is 251 g/mol. The number of carboxylic acids is 1. The Kier molecular flexibility index (Phi) is 8.97. The van der Waals surface area contributed by atoms with Gasteiger partial charge in [-0.3, -0.25) is 4.79 Å². The summed E-state index contributed by atoms with van der Waals surface area (Å²) in [5.74, 6) is -0.00928. The van der Waals surface area contributed by atoms with Crippen molar-refractivity contribution in [3.05, 3.63) is 0 Å². The number of hydrogen-bond donors (Lipinski definition) is 3. The molecule has 0 saturated heterocycles. The quantitative estimate of drug-likeness (QED) is 0.351. The Morgan fingerprint density at radius 2 is 2.31 bits per heavy atom. The summed E-state index contributed by atoms with van der Waals surface area (Å²) in [6, 6.07) is -0.857. The number of thioether (sulfide) groups is 1. The van der Waals surface area contributed by atoms with E-state index in [9.17, 15) is 14.7 Å². The number of amides is 1. The average Bonchev–Trinajstić information content (AvgIpc) is 2.22. The summed E-state index contributed by atoms with van der Waals surface area (Å²) in [7, 11) is 1.50. The Morgan fingerprint density at radius 3 is 2.81 bits per heavy atom. The van der Waals surface area contributed by atoms with Crippen LogP contribution in [0.2, 0.25) is 0 Å².